The van der Waals surface area contributed by atoms with E-state index in [2.05, 4.69) is 24.1 Å². The number of nitrogens with one attached hydrogen (secondary N) is 1. The molecule has 1 atom stereocenters. The Balaban J connectivity index is 2.05. The number of halogens is 1. The van der Waals surface area contributed by atoms with E-state index in [1.165, 1.54) is 12.1 Å². The van der Waals surface area contributed by atoms with Crippen LogP contribution in [0.3, 0.4) is 0 Å². The number of nitrogen functional groups attached to an aromatic ring is 1. The lowest BCUT2D eigenvalue weighted by Gasteiger charge is -2.40. The van der Waals surface area contributed by atoms with Gasteiger partial charge in [-0.3, -0.25) is 4.79 Å². The molecule has 0 spiro atoms. The molecule has 2 heterocycles. The number of anilines is 1. The summed E-state index contributed by atoms with van der Waals surface area (Å²) in [4.78, 5) is 16.2. The number of ether oxygens (including phenoxy) is 1. The van der Waals surface area contributed by atoms with Gasteiger partial charge in [0, 0.05) is 18.2 Å². The van der Waals surface area contributed by atoms with Crippen molar-refractivity contribution in [3.63, 3.8) is 0 Å². The van der Waals surface area contributed by atoms with Gasteiger partial charge in [-0.05, 0) is 37.8 Å². The average molecular weight is 312 g/mol. The second-order valence-corrected chi connectivity index (χ2v) is 5.89. The van der Waals surface area contributed by atoms with Crippen molar-refractivity contribution in [3.8, 4) is 0 Å². The quantitative estimate of drug-likeness (QED) is 0.838. The predicted octanol–water partition coefficient (Wildman–Crippen LogP) is 2.78. The molecule has 0 saturated carbocycles. The first-order valence-corrected chi connectivity index (χ1v) is 7.73. The van der Waals surface area contributed by atoms with E-state index in [4.69, 9.17) is 22.1 Å². The molecular weight excluding hydrogens is 290 g/mol. The zero-order valence-electron chi connectivity index (χ0n) is 12.5. The molecule has 0 aliphatic carbocycles. The maximum Gasteiger partial charge on any atom is 0.251 e. The fraction of sp³-hybridized carbons (Fsp3) is 0.600. The average Bonchev–Trinajstić information content (AvgIpc) is 2.46. The molecule has 1 amide bonds. The van der Waals surface area contributed by atoms with Crippen LogP contribution in [0, 0.1) is 0 Å². The Morgan fingerprint density at radius 1 is 1.52 bits per heavy atom. The number of nitrogens with zero attached hydrogens (tertiary/aromatic N) is 1. The van der Waals surface area contributed by atoms with E-state index in [0.717, 1.165) is 25.7 Å². The molecule has 0 bridgehead atoms. The Hall–Kier alpha value is -1.33. The van der Waals surface area contributed by atoms with Crippen molar-refractivity contribution in [3.05, 3.63) is 22.8 Å². The maximum absolute atomic E-state index is 12.3. The number of aromatic nitrogens is 1. The van der Waals surface area contributed by atoms with E-state index < -0.39 is 0 Å². The Bertz CT molecular complexity index is 497. The van der Waals surface area contributed by atoms with Crippen molar-refractivity contribution in [1.82, 2.24) is 10.3 Å². The minimum absolute atomic E-state index is 0.110. The van der Waals surface area contributed by atoms with Crippen LogP contribution in [-0.4, -0.2) is 29.1 Å². The smallest absolute Gasteiger partial charge is 0.251 e. The first-order chi connectivity index (χ1) is 9.98. The van der Waals surface area contributed by atoms with Crippen molar-refractivity contribution < 1.29 is 9.53 Å². The van der Waals surface area contributed by atoms with Gasteiger partial charge in [0.05, 0.1) is 5.60 Å². The first kappa shape index (κ1) is 16.0. The fourth-order valence-electron chi connectivity index (χ4n) is 2.81. The summed E-state index contributed by atoms with van der Waals surface area (Å²) in [5.74, 6) is 0.0788. The summed E-state index contributed by atoms with van der Waals surface area (Å²) in [6, 6.07) is 3.17. The Kier molecular flexibility index (Phi) is 5.06. The van der Waals surface area contributed by atoms with Crippen molar-refractivity contribution in [2.24, 2.45) is 0 Å². The van der Waals surface area contributed by atoms with Crippen LogP contribution in [0.1, 0.15) is 49.9 Å². The lowest BCUT2D eigenvalue weighted by Crippen LogP contribution is -2.48. The Morgan fingerprint density at radius 2 is 2.24 bits per heavy atom. The van der Waals surface area contributed by atoms with Crippen molar-refractivity contribution in [2.75, 3.05) is 12.3 Å². The van der Waals surface area contributed by atoms with Crippen molar-refractivity contribution in [2.45, 2.75) is 51.2 Å². The minimum Gasteiger partial charge on any atom is -0.384 e. The number of amides is 1. The van der Waals surface area contributed by atoms with Crippen LogP contribution >= 0.6 is 11.6 Å². The third-order valence-corrected chi connectivity index (χ3v) is 4.39. The van der Waals surface area contributed by atoms with Crippen molar-refractivity contribution >= 4 is 23.3 Å². The van der Waals surface area contributed by atoms with Gasteiger partial charge < -0.3 is 15.8 Å². The lowest BCUT2D eigenvalue weighted by atomic mass is 9.86. The van der Waals surface area contributed by atoms with Crippen LogP contribution in [0.5, 0.6) is 0 Å². The number of nitrogens with two attached hydrogens (primary N) is 1. The maximum atomic E-state index is 12.3. The first-order valence-electron chi connectivity index (χ1n) is 7.36. The molecule has 1 aromatic heterocycles. The number of carbonyl (C=O) groups is 1. The summed E-state index contributed by atoms with van der Waals surface area (Å²) in [6.07, 6.45) is 3.55. The molecule has 1 unspecified atom stereocenters. The highest BCUT2D eigenvalue weighted by atomic mass is 35.5. The Labute approximate surface area is 130 Å². The van der Waals surface area contributed by atoms with E-state index in [9.17, 15) is 4.79 Å². The van der Waals surface area contributed by atoms with Gasteiger partial charge in [0.25, 0.3) is 5.91 Å². The molecule has 1 aromatic rings. The van der Waals surface area contributed by atoms with Gasteiger partial charge in [0.15, 0.2) is 0 Å². The van der Waals surface area contributed by atoms with E-state index in [1.807, 2.05) is 0 Å². The van der Waals surface area contributed by atoms with Gasteiger partial charge in [-0.15, -0.1) is 0 Å². The predicted molar refractivity (Wildman–Crippen MR) is 83.4 cm³/mol. The second-order valence-electron chi connectivity index (χ2n) is 5.51. The number of rotatable bonds is 4. The highest BCUT2D eigenvalue weighted by Crippen LogP contribution is 2.31. The summed E-state index contributed by atoms with van der Waals surface area (Å²) >= 11 is 5.84. The van der Waals surface area contributed by atoms with E-state index in [0.29, 0.717) is 12.2 Å². The number of hydrogen-bond donors (Lipinski definition) is 2. The molecule has 116 valence electrons. The standard InChI is InChI=1S/C15H22ClN3O2/c1-3-15(4-2)9-11(5-6-21-15)18-14(20)10-7-12(16)19-13(17)8-10/h7-8,11H,3-6,9H2,1-2H3,(H2,17,19)(H,18,20). The topological polar surface area (TPSA) is 77.2 Å². The van der Waals surface area contributed by atoms with Gasteiger partial charge in [-0.25, -0.2) is 4.98 Å². The third kappa shape index (κ3) is 3.86. The van der Waals surface area contributed by atoms with Crippen LogP contribution < -0.4 is 11.1 Å². The zero-order valence-corrected chi connectivity index (χ0v) is 13.2. The van der Waals surface area contributed by atoms with Gasteiger partial charge in [-0.1, -0.05) is 25.4 Å². The summed E-state index contributed by atoms with van der Waals surface area (Å²) in [7, 11) is 0. The molecule has 0 aromatic carbocycles. The zero-order chi connectivity index (χ0) is 15.5. The molecule has 5 nitrogen and oxygen atoms in total. The number of pyridine rings is 1. The lowest BCUT2D eigenvalue weighted by molar-refractivity contribution is -0.0917. The monoisotopic (exact) mass is 311 g/mol. The van der Waals surface area contributed by atoms with Crippen molar-refractivity contribution in [1.29, 1.82) is 0 Å². The molecule has 21 heavy (non-hydrogen) atoms. The molecule has 1 fully saturated rings. The van der Waals surface area contributed by atoms with Crippen LogP contribution in [0.15, 0.2) is 12.1 Å². The molecule has 6 heteroatoms. The van der Waals surface area contributed by atoms with Gasteiger partial charge in [0.1, 0.15) is 11.0 Å². The molecule has 3 N–H and O–H groups in total. The Morgan fingerprint density at radius 3 is 2.86 bits per heavy atom. The molecular formula is C15H22ClN3O2. The molecule has 0 radical (unpaired) electrons. The second kappa shape index (κ2) is 6.62. The molecule has 1 aliphatic rings. The van der Waals surface area contributed by atoms with Gasteiger partial charge in [-0.2, -0.15) is 0 Å². The molecule has 2 rings (SSSR count). The highest BCUT2D eigenvalue weighted by Gasteiger charge is 2.35. The largest absolute Gasteiger partial charge is 0.384 e. The summed E-state index contributed by atoms with van der Waals surface area (Å²) in [6.45, 7) is 4.92. The van der Waals surface area contributed by atoms with E-state index in [-0.39, 0.29) is 28.5 Å². The summed E-state index contributed by atoms with van der Waals surface area (Å²) in [5, 5.41) is 3.28. The highest BCUT2D eigenvalue weighted by molar-refractivity contribution is 6.29. The third-order valence-electron chi connectivity index (χ3n) is 4.19. The summed E-state index contributed by atoms with van der Waals surface area (Å²) in [5.41, 5.74) is 5.94. The number of hydrogen-bond acceptors (Lipinski definition) is 4. The normalized spacial score (nSPS) is 21.0. The van der Waals surface area contributed by atoms with Crippen LogP contribution in [0.4, 0.5) is 5.82 Å². The molecule has 1 aliphatic heterocycles. The van der Waals surface area contributed by atoms with Crippen LogP contribution in [0.2, 0.25) is 5.15 Å². The SMILES string of the molecule is CCC1(CC)CC(NC(=O)c2cc(N)nc(Cl)c2)CCO1. The summed E-state index contributed by atoms with van der Waals surface area (Å²) < 4.78 is 5.92. The fourth-order valence-corrected chi connectivity index (χ4v) is 3.03. The van der Waals surface area contributed by atoms with Gasteiger partial charge in [0.2, 0.25) is 0 Å². The minimum atomic E-state index is -0.168. The van der Waals surface area contributed by atoms with E-state index in [1.54, 1.807) is 0 Å². The van der Waals surface area contributed by atoms with E-state index >= 15 is 0 Å². The number of carbonyl (C=O) groups excluding carboxylic acids is 1. The van der Waals surface area contributed by atoms with Gasteiger partial charge >= 0.3 is 0 Å². The van der Waals surface area contributed by atoms with Crippen LogP contribution in [-0.2, 0) is 4.74 Å². The molecule has 1 saturated heterocycles. The van der Waals surface area contributed by atoms with Crippen LogP contribution in [0.25, 0.3) is 0 Å².